The summed E-state index contributed by atoms with van der Waals surface area (Å²) in [6.07, 6.45) is 6.33. The van der Waals surface area contributed by atoms with Crippen LogP contribution in [0.15, 0.2) is 36.4 Å². The molecule has 0 aliphatic carbocycles. The molecule has 0 radical (unpaired) electrons. The van der Waals surface area contributed by atoms with Gasteiger partial charge < -0.3 is 5.11 Å². The first-order chi connectivity index (χ1) is 9.17. The van der Waals surface area contributed by atoms with Crippen molar-refractivity contribution in [1.29, 1.82) is 0 Å². The van der Waals surface area contributed by atoms with Gasteiger partial charge in [-0.1, -0.05) is 49.2 Å². The SMILES string of the molecule is C#CC(CC)NC(C)c1ccc2ccccc2c1O. The molecule has 0 saturated heterocycles. The molecular weight excluding hydrogens is 234 g/mol. The van der Waals surface area contributed by atoms with Crippen molar-refractivity contribution in [1.82, 2.24) is 5.32 Å². The fourth-order valence-electron chi connectivity index (χ4n) is 2.30. The number of phenols is 1. The molecular formula is C17H19NO. The summed E-state index contributed by atoms with van der Waals surface area (Å²) in [6.45, 7) is 4.06. The molecule has 2 aromatic carbocycles. The summed E-state index contributed by atoms with van der Waals surface area (Å²) in [5.41, 5.74) is 0.882. The van der Waals surface area contributed by atoms with Crippen molar-refractivity contribution in [2.24, 2.45) is 0 Å². The van der Waals surface area contributed by atoms with Crippen LogP contribution in [0.1, 0.15) is 31.9 Å². The molecule has 0 aromatic heterocycles. The van der Waals surface area contributed by atoms with E-state index in [1.54, 1.807) is 0 Å². The van der Waals surface area contributed by atoms with Crippen molar-refractivity contribution in [2.75, 3.05) is 0 Å². The van der Waals surface area contributed by atoms with Gasteiger partial charge in [0.25, 0.3) is 0 Å². The lowest BCUT2D eigenvalue weighted by atomic mass is 10.0. The van der Waals surface area contributed by atoms with Crippen LogP contribution >= 0.6 is 0 Å². The average molecular weight is 253 g/mol. The second-order valence-electron chi connectivity index (χ2n) is 4.74. The molecule has 0 amide bonds. The predicted octanol–water partition coefficient (Wildman–Crippen LogP) is 3.61. The molecule has 0 saturated carbocycles. The Morgan fingerprint density at radius 3 is 2.68 bits per heavy atom. The molecule has 0 heterocycles. The summed E-state index contributed by atoms with van der Waals surface area (Å²) >= 11 is 0. The van der Waals surface area contributed by atoms with Crippen LogP contribution in [-0.4, -0.2) is 11.1 Å². The normalized spacial score (nSPS) is 13.9. The fraction of sp³-hybridized carbons (Fsp3) is 0.294. The van der Waals surface area contributed by atoms with Crippen LogP contribution < -0.4 is 5.32 Å². The second-order valence-corrected chi connectivity index (χ2v) is 4.74. The van der Waals surface area contributed by atoms with Gasteiger partial charge in [0.2, 0.25) is 0 Å². The molecule has 0 spiro atoms. The Balaban J connectivity index is 2.35. The number of phenolic OH excluding ortho intramolecular Hbond substituents is 1. The van der Waals surface area contributed by atoms with E-state index in [0.717, 1.165) is 22.8 Å². The number of hydrogen-bond donors (Lipinski definition) is 2. The molecule has 2 aromatic rings. The van der Waals surface area contributed by atoms with E-state index in [1.807, 2.05) is 50.2 Å². The van der Waals surface area contributed by atoms with Gasteiger partial charge in [-0.3, -0.25) is 5.32 Å². The second kappa shape index (κ2) is 5.77. The zero-order chi connectivity index (χ0) is 13.8. The maximum absolute atomic E-state index is 10.4. The van der Waals surface area contributed by atoms with Crippen LogP contribution in [-0.2, 0) is 0 Å². The van der Waals surface area contributed by atoms with Gasteiger partial charge in [0, 0.05) is 17.0 Å². The first-order valence-corrected chi connectivity index (χ1v) is 6.60. The smallest absolute Gasteiger partial charge is 0.128 e. The first kappa shape index (κ1) is 13.5. The van der Waals surface area contributed by atoms with Crippen LogP contribution in [0, 0.1) is 12.3 Å². The molecule has 2 nitrogen and oxygen atoms in total. The number of nitrogens with one attached hydrogen (secondary N) is 1. The zero-order valence-corrected chi connectivity index (χ0v) is 11.4. The van der Waals surface area contributed by atoms with Crippen molar-refractivity contribution in [3.05, 3.63) is 42.0 Å². The van der Waals surface area contributed by atoms with Crippen LogP contribution in [0.2, 0.25) is 0 Å². The predicted molar refractivity (Wildman–Crippen MR) is 80.1 cm³/mol. The topological polar surface area (TPSA) is 32.3 Å². The van der Waals surface area contributed by atoms with E-state index < -0.39 is 0 Å². The summed E-state index contributed by atoms with van der Waals surface area (Å²) in [5, 5.41) is 15.6. The van der Waals surface area contributed by atoms with E-state index in [1.165, 1.54) is 0 Å². The lowest BCUT2D eigenvalue weighted by Gasteiger charge is -2.20. The molecule has 2 heteroatoms. The van der Waals surface area contributed by atoms with E-state index in [4.69, 9.17) is 6.42 Å². The highest BCUT2D eigenvalue weighted by Crippen LogP contribution is 2.32. The summed E-state index contributed by atoms with van der Waals surface area (Å²) in [5.74, 6) is 3.05. The van der Waals surface area contributed by atoms with Crippen molar-refractivity contribution in [3.63, 3.8) is 0 Å². The van der Waals surface area contributed by atoms with Gasteiger partial charge in [0.1, 0.15) is 5.75 Å². The lowest BCUT2D eigenvalue weighted by molar-refractivity contribution is 0.449. The van der Waals surface area contributed by atoms with Gasteiger partial charge in [-0.2, -0.15) is 0 Å². The summed E-state index contributed by atoms with van der Waals surface area (Å²) < 4.78 is 0. The number of rotatable bonds is 4. The van der Waals surface area contributed by atoms with Crippen LogP contribution in [0.3, 0.4) is 0 Å². The maximum atomic E-state index is 10.4. The molecule has 0 aliphatic rings. The van der Waals surface area contributed by atoms with Crippen molar-refractivity contribution >= 4 is 10.8 Å². The van der Waals surface area contributed by atoms with Crippen LogP contribution in [0.5, 0.6) is 5.75 Å². The van der Waals surface area contributed by atoms with Crippen molar-refractivity contribution in [2.45, 2.75) is 32.4 Å². The highest BCUT2D eigenvalue weighted by Gasteiger charge is 2.14. The molecule has 19 heavy (non-hydrogen) atoms. The Morgan fingerprint density at radius 2 is 2.00 bits per heavy atom. The number of terminal acetylenes is 1. The van der Waals surface area contributed by atoms with E-state index in [0.29, 0.717) is 5.75 Å². The molecule has 98 valence electrons. The van der Waals surface area contributed by atoms with Crippen LogP contribution in [0.25, 0.3) is 10.8 Å². The summed E-state index contributed by atoms with van der Waals surface area (Å²) in [7, 11) is 0. The number of fused-ring (bicyclic) bond motifs is 1. The lowest BCUT2D eigenvalue weighted by Crippen LogP contribution is -2.29. The fourth-order valence-corrected chi connectivity index (χ4v) is 2.30. The van der Waals surface area contributed by atoms with Gasteiger partial charge >= 0.3 is 0 Å². The molecule has 2 unspecified atom stereocenters. The molecule has 0 aliphatic heterocycles. The standard InChI is InChI=1S/C17H19NO/c1-4-14(5-2)18-12(3)15-11-10-13-8-6-7-9-16(13)17(15)19/h1,6-12,14,18-19H,5H2,2-3H3. The molecule has 2 atom stereocenters. The first-order valence-electron chi connectivity index (χ1n) is 6.60. The Morgan fingerprint density at radius 1 is 1.26 bits per heavy atom. The minimum atomic E-state index is 0.0191. The summed E-state index contributed by atoms with van der Waals surface area (Å²) in [4.78, 5) is 0. The van der Waals surface area contributed by atoms with Gasteiger partial charge in [0.15, 0.2) is 0 Å². The highest BCUT2D eigenvalue weighted by atomic mass is 16.3. The number of benzene rings is 2. The van der Waals surface area contributed by atoms with Crippen LogP contribution in [0.4, 0.5) is 0 Å². The Kier molecular flexibility index (Phi) is 4.09. The van der Waals surface area contributed by atoms with Gasteiger partial charge in [-0.05, 0) is 18.7 Å². The van der Waals surface area contributed by atoms with E-state index in [9.17, 15) is 5.11 Å². The van der Waals surface area contributed by atoms with E-state index in [2.05, 4.69) is 11.2 Å². The molecule has 0 fully saturated rings. The minimum absolute atomic E-state index is 0.0191. The molecule has 0 bridgehead atoms. The Labute approximate surface area is 114 Å². The van der Waals surface area contributed by atoms with Gasteiger partial charge in [0.05, 0.1) is 6.04 Å². The average Bonchev–Trinajstić information content (AvgIpc) is 2.45. The molecule has 2 N–H and O–H groups in total. The third-order valence-electron chi connectivity index (χ3n) is 3.46. The third kappa shape index (κ3) is 2.72. The Hall–Kier alpha value is -1.98. The maximum Gasteiger partial charge on any atom is 0.128 e. The van der Waals surface area contributed by atoms with Crippen molar-refractivity contribution < 1.29 is 5.11 Å². The number of aromatic hydroxyl groups is 1. The van der Waals surface area contributed by atoms with Gasteiger partial charge in [-0.15, -0.1) is 6.42 Å². The largest absolute Gasteiger partial charge is 0.507 e. The Bertz CT molecular complexity index is 612. The van der Waals surface area contributed by atoms with Crippen molar-refractivity contribution in [3.8, 4) is 18.1 Å². The van der Waals surface area contributed by atoms with E-state index in [-0.39, 0.29) is 12.1 Å². The zero-order valence-electron chi connectivity index (χ0n) is 11.4. The van der Waals surface area contributed by atoms with Gasteiger partial charge in [-0.25, -0.2) is 0 Å². The molecule has 2 rings (SSSR count). The summed E-state index contributed by atoms with van der Waals surface area (Å²) in [6, 6.07) is 11.9. The monoisotopic (exact) mass is 253 g/mol. The highest BCUT2D eigenvalue weighted by molar-refractivity contribution is 5.89. The number of hydrogen-bond acceptors (Lipinski definition) is 2. The minimum Gasteiger partial charge on any atom is -0.507 e. The third-order valence-corrected chi connectivity index (χ3v) is 3.46. The van der Waals surface area contributed by atoms with E-state index >= 15 is 0 Å². The quantitative estimate of drug-likeness (QED) is 0.816.